The summed E-state index contributed by atoms with van der Waals surface area (Å²) in [6.45, 7) is 4.37. The third-order valence-electron chi connectivity index (χ3n) is 18.4. The molecule has 10 heteroatoms. The summed E-state index contributed by atoms with van der Waals surface area (Å²) in [5, 5.41) is 0. The molecular weight excluding hydrogens is 1210 g/mol. The van der Waals surface area contributed by atoms with Gasteiger partial charge in [-0.05, 0) is 89.9 Å². The molecular formula is C86H159NO8P+. The van der Waals surface area contributed by atoms with Crippen molar-refractivity contribution in [2.75, 3.05) is 47.5 Å². The third kappa shape index (κ3) is 80.2. The SMILES string of the molecule is CC/C=C\C/C=C\C/C=C\C/C=C\C/C=C\C/C=C\CCCCCCCCCCCCCCC(=O)OC(COC(=O)CCCCCCCCCCCCCCCCCCCCCCCCCCCCCCC/C=C\CCCCCCCCCC)COP(=O)(O)OCC[N+](C)(C)C. The van der Waals surface area contributed by atoms with Crippen molar-refractivity contribution in [3.05, 3.63) is 85.1 Å². The fraction of sp³-hybridized carbons (Fsp3) is 0.814. The Kier molecular flexibility index (Phi) is 74.1. The van der Waals surface area contributed by atoms with Crippen molar-refractivity contribution in [2.24, 2.45) is 0 Å². The first-order chi connectivity index (χ1) is 47.0. The van der Waals surface area contributed by atoms with Crippen LogP contribution in [0.1, 0.15) is 399 Å². The number of hydrogen-bond donors (Lipinski definition) is 1. The number of quaternary nitrogens is 1. The van der Waals surface area contributed by atoms with Crippen LogP contribution in [-0.4, -0.2) is 74.9 Å². The van der Waals surface area contributed by atoms with E-state index in [1.807, 2.05) is 21.1 Å². The lowest BCUT2D eigenvalue weighted by Gasteiger charge is -2.24. The Balaban J connectivity index is 3.90. The summed E-state index contributed by atoms with van der Waals surface area (Å²) < 4.78 is 34.8. The lowest BCUT2D eigenvalue weighted by atomic mass is 10.0. The number of esters is 2. The summed E-state index contributed by atoms with van der Waals surface area (Å²) in [7, 11) is 1.49. The normalized spacial score (nSPS) is 13.4. The number of phosphoric ester groups is 1. The zero-order chi connectivity index (χ0) is 69.7. The van der Waals surface area contributed by atoms with Gasteiger partial charge in [0.15, 0.2) is 6.10 Å². The largest absolute Gasteiger partial charge is 0.472 e. The van der Waals surface area contributed by atoms with Gasteiger partial charge in [-0.25, -0.2) is 4.57 Å². The van der Waals surface area contributed by atoms with Gasteiger partial charge in [-0.3, -0.25) is 18.6 Å². The second kappa shape index (κ2) is 76.4. The van der Waals surface area contributed by atoms with Gasteiger partial charge in [0.1, 0.15) is 19.8 Å². The highest BCUT2D eigenvalue weighted by atomic mass is 31.2. The first-order valence-corrected chi connectivity index (χ1v) is 42.8. The molecule has 0 aromatic heterocycles. The van der Waals surface area contributed by atoms with Crippen molar-refractivity contribution in [1.29, 1.82) is 0 Å². The topological polar surface area (TPSA) is 108 Å². The summed E-state index contributed by atoms with van der Waals surface area (Å²) in [4.78, 5) is 36.0. The van der Waals surface area contributed by atoms with Gasteiger partial charge < -0.3 is 18.9 Å². The number of nitrogens with zero attached hydrogens (tertiary/aromatic N) is 1. The fourth-order valence-corrected chi connectivity index (χ4v) is 12.9. The molecule has 0 saturated heterocycles. The van der Waals surface area contributed by atoms with Crippen LogP contribution in [0.4, 0.5) is 0 Å². The van der Waals surface area contributed by atoms with Crippen molar-refractivity contribution >= 4 is 19.8 Å². The number of carbonyl (C=O) groups excluding carboxylic acids is 2. The fourth-order valence-electron chi connectivity index (χ4n) is 12.1. The standard InChI is InChI=1S/C86H158NO8P/c1-6-8-10-12-14-16-18-20-22-24-26-28-30-32-34-36-38-39-40-41-42-43-44-45-46-47-49-50-52-54-56-58-60-62-64-66-68-70-72-74-76-78-85(88)92-82-84(83-94-96(90,91)93-81-80-87(3,4)5)95-86(89)79-77-75-73-71-69-67-65-63-61-59-57-55-53-51-48-37-35-33-31-29-27-25-23-21-19-17-15-13-11-9-7-2/h9,11,15,17,21,23-24,26-27,29,33,35,48,51,84H,6-8,10,12-14,16,18-20,22,25,28,30-32,34,36-47,49-50,52-83H2,1-5H3/p+1/b11-9-,17-15-,23-21-,26-24-,29-27-,35-33-,51-48-. The Labute approximate surface area is 596 Å². The van der Waals surface area contributed by atoms with Crippen molar-refractivity contribution in [1.82, 2.24) is 0 Å². The van der Waals surface area contributed by atoms with E-state index in [-0.39, 0.29) is 25.6 Å². The number of allylic oxidation sites excluding steroid dienone is 14. The zero-order valence-corrected chi connectivity index (χ0v) is 65.0. The summed E-state index contributed by atoms with van der Waals surface area (Å²) in [6.07, 6.45) is 106. The Bertz CT molecular complexity index is 1900. The molecule has 0 aliphatic carbocycles. The monoisotopic (exact) mass is 1370 g/mol. The van der Waals surface area contributed by atoms with Gasteiger partial charge in [0.05, 0.1) is 27.7 Å². The van der Waals surface area contributed by atoms with Gasteiger partial charge in [0, 0.05) is 12.8 Å². The molecule has 0 heterocycles. The highest BCUT2D eigenvalue weighted by molar-refractivity contribution is 7.47. The molecule has 560 valence electrons. The van der Waals surface area contributed by atoms with E-state index < -0.39 is 26.5 Å². The third-order valence-corrected chi connectivity index (χ3v) is 19.4. The van der Waals surface area contributed by atoms with E-state index in [2.05, 4.69) is 98.9 Å². The maximum atomic E-state index is 12.9. The Morgan fingerprint density at radius 2 is 0.594 bits per heavy atom. The van der Waals surface area contributed by atoms with E-state index >= 15 is 0 Å². The molecule has 0 aromatic carbocycles. The van der Waals surface area contributed by atoms with Crippen molar-refractivity contribution in [3.8, 4) is 0 Å². The quantitative estimate of drug-likeness (QED) is 0.0211. The van der Waals surface area contributed by atoms with E-state index in [4.69, 9.17) is 18.5 Å². The minimum absolute atomic E-state index is 0.0305. The Morgan fingerprint density at radius 1 is 0.333 bits per heavy atom. The van der Waals surface area contributed by atoms with Crippen LogP contribution in [0.3, 0.4) is 0 Å². The number of phosphoric acid groups is 1. The smallest absolute Gasteiger partial charge is 0.462 e. The first-order valence-electron chi connectivity index (χ1n) is 41.3. The number of carbonyl (C=O) groups is 2. The molecule has 2 unspecified atom stereocenters. The molecule has 96 heavy (non-hydrogen) atoms. The van der Waals surface area contributed by atoms with Gasteiger partial charge in [0.25, 0.3) is 0 Å². The highest BCUT2D eigenvalue weighted by Gasteiger charge is 2.27. The van der Waals surface area contributed by atoms with Crippen LogP contribution in [0.5, 0.6) is 0 Å². The molecule has 0 radical (unpaired) electrons. The number of rotatable bonds is 77. The second-order valence-corrected chi connectivity index (χ2v) is 30.6. The maximum absolute atomic E-state index is 12.9. The number of hydrogen-bond acceptors (Lipinski definition) is 7. The molecule has 0 spiro atoms. The van der Waals surface area contributed by atoms with E-state index in [0.29, 0.717) is 23.9 Å². The Hall–Kier alpha value is -2.81. The summed E-state index contributed by atoms with van der Waals surface area (Å²) >= 11 is 0. The Morgan fingerprint density at radius 3 is 0.896 bits per heavy atom. The van der Waals surface area contributed by atoms with E-state index in [1.165, 1.54) is 289 Å². The summed E-state index contributed by atoms with van der Waals surface area (Å²) in [6, 6.07) is 0. The second-order valence-electron chi connectivity index (χ2n) is 29.1. The lowest BCUT2D eigenvalue weighted by molar-refractivity contribution is -0.870. The zero-order valence-electron chi connectivity index (χ0n) is 64.1. The minimum atomic E-state index is -4.40. The molecule has 0 aromatic rings. The lowest BCUT2D eigenvalue weighted by Crippen LogP contribution is -2.37. The van der Waals surface area contributed by atoms with Gasteiger partial charge in [-0.2, -0.15) is 0 Å². The van der Waals surface area contributed by atoms with Crippen LogP contribution in [-0.2, 0) is 32.7 Å². The van der Waals surface area contributed by atoms with Crippen LogP contribution in [0.25, 0.3) is 0 Å². The molecule has 0 aliphatic heterocycles. The summed E-state index contributed by atoms with van der Waals surface area (Å²) in [5.74, 6) is -0.784. The molecule has 0 amide bonds. The van der Waals surface area contributed by atoms with Crippen LogP contribution in [0.2, 0.25) is 0 Å². The molecule has 0 aliphatic rings. The number of unbranched alkanes of at least 4 members (excludes halogenated alkanes) is 49. The molecule has 0 rings (SSSR count). The molecule has 0 saturated carbocycles. The van der Waals surface area contributed by atoms with Crippen LogP contribution in [0, 0.1) is 0 Å². The van der Waals surface area contributed by atoms with Crippen molar-refractivity contribution < 1.29 is 42.1 Å². The molecule has 0 bridgehead atoms. The highest BCUT2D eigenvalue weighted by Crippen LogP contribution is 2.43. The van der Waals surface area contributed by atoms with Crippen LogP contribution < -0.4 is 0 Å². The van der Waals surface area contributed by atoms with Crippen LogP contribution >= 0.6 is 7.82 Å². The summed E-state index contributed by atoms with van der Waals surface area (Å²) in [5.41, 5.74) is 0. The molecule has 1 N–H and O–H groups in total. The van der Waals surface area contributed by atoms with Crippen LogP contribution in [0.15, 0.2) is 85.1 Å². The van der Waals surface area contributed by atoms with E-state index in [9.17, 15) is 19.0 Å². The predicted octanol–water partition coefficient (Wildman–Crippen LogP) is 27.6. The van der Waals surface area contributed by atoms with Crippen molar-refractivity contribution in [2.45, 2.75) is 405 Å². The average molecular weight is 1370 g/mol. The minimum Gasteiger partial charge on any atom is -0.462 e. The van der Waals surface area contributed by atoms with E-state index in [1.54, 1.807) is 0 Å². The van der Waals surface area contributed by atoms with Crippen molar-refractivity contribution in [3.63, 3.8) is 0 Å². The maximum Gasteiger partial charge on any atom is 0.472 e. The molecule has 0 fully saturated rings. The number of likely N-dealkylation sites (N-methyl/N-ethyl adjacent to an activating group) is 1. The number of ether oxygens (including phenoxy) is 2. The predicted molar refractivity (Wildman–Crippen MR) is 418 cm³/mol. The van der Waals surface area contributed by atoms with E-state index in [0.717, 1.165) is 77.0 Å². The molecule has 9 nitrogen and oxygen atoms in total. The van der Waals surface area contributed by atoms with Gasteiger partial charge in [0.2, 0.25) is 0 Å². The molecule has 2 atom stereocenters. The van der Waals surface area contributed by atoms with Gasteiger partial charge in [-0.1, -0.05) is 381 Å². The van der Waals surface area contributed by atoms with Gasteiger partial charge in [-0.15, -0.1) is 0 Å². The first kappa shape index (κ1) is 93.2. The van der Waals surface area contributed by atoms with Gasteiger partial charge >= 0.3 is 19.8 Å². The average Bonchev–Trinajstić information content (AvgIpc) is 1.97.